The van der Waals surface area contributed by atoms with Crippen LogP contribution in [0.15, 0.2) is 0 Å². The summed E-state index contributed by atoms with van der Waals surface area (Å²) in [6.45, 7) is 12.1. The number of fused-ring (bicyclic) bond motifs is 1. The quantitative estimate of drug-likeness (QED) is 0.514. The smallest absolute Gasteiger partial charge is 0.0125 e. The molecule has 1 aliphatic heterocycles. The molecule has 0 radical (unpaired) electrons. The molecular formula is C10H19N. The van der Waals surface area contributed by atoms with E-state index in [1.165, 1.54) is 13.1 Å². The highest BCUT2D eigenvalue weighted by atomic mass is 15.2. The lowest BCUT2D eigenvalue weighted by molar-refractivity contribution is 0.148. The molecule has 0 amide bonds. The Labute approximate surface area is 69.8 Å². The van der Waals surface area contributed by atoms with Crippen LogP contribution >= 0.6 is 0 Å². The van der Waals surface area contributed by atoms with Gasteiger partial charge in [0.1, 0.15) is 0 Å². The summed E-state index contributed by atoms with van der Waals surface area (Å²) in [5.41, 5.74) is 0.410. The van der Waals surface area contributed by atoms with Crippen LogP contribution in [0.4, 0.5) is 0 Å². The Hall–Kier alpha value is -0.0400. The van der Waals surface area contributed by atoms with Crippen LogP contribution in [-0.2, 0) is 0 Å². The van der Waals surface area contributed by atoms with Gasteiger partial charge in [-0.25, -0.2) is 0 Å². The number of likely N-dealkylation sites (tertiary alicyclic amines) is 1. The Morgan fingerprint density at radius 1 is 1.09 bits per heavy atom. The van der Waals surface area contributed by atoms with E-state index in [0.717, 1.165) is 17.8 Å². The summed E-state index contributed by atoms with van der Waals surface area (Å²) in [5, 5.41) is 0. The minimum absolute atomic E-state index is 0.410. The normalized spacial score (nSPS) is 44.2. The van der Waals surface area contributed by atoms with Gasteiger partial charge in [-0.15, -0.1) is 0 Å². The first-order valence-electron chi connectivity index (χ1n) is 4.75. The second-order valence-electron chi connectivity index (χ2n) is 5.26. The van der Waals surface area contributed by atoms with Crippen molar-refractivity contribution in [3.63, 3.8) is 0 Å². The van der Waals surface area contributed by atoms with Gasteiger partial charge in [0.25, 0.3) is 0 Å². The summed E-state index contributed by atoms with van der Waals surface area (Å²) < 4.78 is 0. The topological polar surface area (TPSA) is 3.24 Å². The van der Waals surface area contributed by atoms with Crippen LogP contribution < -0.4 is 0 Å². The van der Waals surface area contributed by atoms with E-state index in [9.17, 15) is 0 Å². The molecule has 1 heteroatoms. The molecule has 11 heavy (non-hydrogen) atoms. The van der Waals surface area contributed by atoms with Crippen molar-refractivity contribution in [1.82, 2.24) is 4.90 Å². The van der Waals surface area contributed by atoms with Crippen LogP contribution in [0, 0.1) is 17.8 Å². The van der Waals surface area contributed by atoms with Crippen molar-refractivity contribution in [3.8, 4) is 0 Å². The molecule has 1 saturated carbocycles. The van der Waals surface area contributed by atoms with Gasteiger partial charge in [-0.2, -0.15) is 0 Å². The third-order valence-electron chi connectivity index (χ3n) is 3.57. The molecule has 0 aromatic rings. The van der Waals surface area contributed by atoms with E-state index in [-0.39, 0.29) is 0 Å². The minimum Gasteiger partial charge on any atom is -0.298 e. The molecule has 1 aliphatic carbocycles. The zero-order chi connectivity index (χ0) is 8.22. The molecule has 0 aromatic heterocycles. The van der Waals surface area contributed by atoms with E-state index in [1.807, 2.05) is 0 Å². The Morgan fingerprint density at radius 3 is 1.91 bits per heavy atom. The molecule has 0 aromatic carbocycles. The predicted octanol–water partition coefficient (Wildman–Crippen LogP) is 1.98. The largest absolute Gasteiger partial charge is 0.298 e. The van der Waals surface area contributed by atoms with Crippen molar-refractivity contribution >= 4 is 0 Å². The molecule has 2 aliphatic rings. The van der Waals surface area contributed by atoms with Crippen molar-refractivity contribution in [2.75, 3.05) is 13.1 Å². The lowest BCUT2D eigenvalue weighted by Gasteiger charge is -2.33. The summed E-state index contributed by atoms with van der Waals surface area (Å²) in [6.07, 6.45) is 0. The van der Waals surface area contributed by atoms with Gasteiger partial charge >= 0.3 is 0 Å². The molecule has 0 N–H and O–H groups in total. The molecule has 2 fully saturated rings. The first kappa shape index (κ1) is 7.60. The van der Waals surface area contributed by atoms with E-state index in [0.29, 0.717) is 5.54 Å². The Balaban J connectivity index is 1.95. The van der Waals surface area contributed by atoms with Gasteiger partial charge in [0.2, 0.25) is 0 Å². The van der Waals surface area contributed by atoms with E-state index in [4.69, 9.17) is 0 Å². The fourth-order valence-corrected chi connectivity index (χ4v) is 2.37. The number of piperidine rings is 1. The molecule has 2 rings (SSSR count). The van der Waals surface area contributed by atoms with Crippen molar-refractivity contribution in [3.05, 3.63) is 0 Å². The van der Waals surface area contributed by atoms with Crippen LogP contribution in [0.5, 0.6) is 0 Å². The molecule has 0 spiro atoms. The minimum atomic E-state index is 0.410. The molecule has 64 valence electrons. The van der Waals surface area contributed by atoms with Crippen molar-refractivity contribution in [1.29, 1.82) is 0 Å². The summed E-state index contributed by atoms with van der Waals surface area (Å²) in [7, 11) is 0. The predicted molar refractivity (Wildman–Crippen MR) is 47.5 cm³/mol. The van der Waals surface area contributed by atoms with Crippen molar-refractivity contribution in [2.45, 2.75) is 33.2 Å². The SMILES string of the molecule is CC1[C@H]2CN(C(C)(C)C)C[C@@H]12. The monoisotopic (exact) mass is 153 g/mol. The Morgan fingerprint density at radius 2 is 1.55 bits per heavy atom. The zero-order valence-corrected chi connectivity index (χ0v) is 8.09. The summed E-state index contributed by atoms with van der Waals surface area (Å²) >= 11 is 0. The maximum absolute atomic E-state index is 2.63. The van der Waals surface area contributed by atoms with Crippen LogP contribution in [0.2, 0.25) is 0 Å². The standard InChI is InChI=1S/C10H19N/c1-7-8-5-11(6-9(7)8)10(2,3)4/h7-9H,5-6H2,1-4H3/t7?,8-,9+. The number of rotatable bonds is 0. The Bertz CT molecular complexity index is 156. The average molecular weight is 153 g/mol. The third kappa shape index (κ3) is 1.10. The van der Waals surface area contributed by atoms with Gasteiger partial charge in [-0.1, -0.05) is 6.92 Å². The number of hydrogen-bond donors (Lipinski definition) is 0. The molecular weight excluding hydrogens is 134 g/mol. The highest BCUT2D eigenvalue weighted by molar-refractivity contribution is 5.05. The maximum Gasteiger partial charge on any atom is 0.0125 e. The fraction of sp³-hybridized carbons (Fsp3) is 1.00. The third-order valence-corrected chi connectivity index (χ3v) is 3.57. The first-order chi connectivity index (χ1) is 5.00. The number of hydrogen-bond acceptors (Lipinski definition) is 1. The highest BCUT2D eigenvalue weighted by Crippen LogP contribution is 2.52. The van der Waals surface area contributed by atoms with E-state index < -0.39 is 0 Å². The van der Waals surface area contributed by atoms with Crippen LogP contribution in [0.25, 0.3) is 0 Å². The molecule has 3 atom stereocenters. The average Bonchev–Trinajstić information content (AvgIpc) is 2.39. The van der Waals surface area contributed by atoms with Gasteiger partial charge in [0, 0.05) is 18.6 Å². The molecule has 1 saturated heterocycles. The fourth-order valence-electron chi connectivity index (χ4n) is 2.37. The molecule has 1 heterocycles. The first-order valence-corrected chi connectivity index (χ1v) is 4.75. The summed E-state index contributed by atoms with van der Waals surface area (Å²) in [5.74, 6) is 3.14. The van der Waals surface area contributed by atoms with Crippen molar-refractivity contribution in [2.24, 2.45) is 17.8 Å². The van der Waals surface area contributed by atoms with Crippen molar-refractivity contribution < 1.29 is 0 Å². The number of nitrogens with zero attached hydrogens (tertiary/aromatic N) is 1. The van der Waals surface area contributed by atoms with Gasteiger partial charge < -0.3 is 0 Å². The van der Waals surface area contributed by atoms with Gasteiger partial charge in [0.05, 0.1) is 0 Å². The molecule has 1 unspecified atom stereocenters. The van der Waals surface area contributed by atoms with Crippen LogP contribution in [0.3, 0.4) is 0 Å². The van der Waals surface area contributed by atoms with Crippen LogP contribution in [-0.4, -0.2) is 23.5 Å². The molecule has 0 bridgehead atoms. The van der Waals surface area contributed by atoms with E-state index in [1.54, 1.807) is 0 Å². The van der Waals surface area contributed by atoms with Gasteiger partial charge in [-0.05, 0) is 38.5 Å². The zero-order valence-electron chi connectivity index (χ0n) is 8.09. The Kier molecular flexibility index (Phi) is 1.39. The highest BCUT2D eigenvalue weighted by Gasteiger charge is 2.54. The second-order valence-corrected chi connectivity index (χ2v) is 5.26. The van der Waals surface area contributed by atoms with Gasteiger partial charge in [-0.3, -0.25) is 4.90 Å². The lowest BCUT2D eigenvalue weighted by atomic mass is 10.1. The summed E-state index contributed by atoms with van der Waals surface area (Å²) in [4.78, 5) is 2.63. The van der Waals surface area contributed by atoms with Gasteiger partial charge in [0.15, 0.2) is 0 Å². The second kappa shape index (κ2) is 2.01. The van der Waals surface area contributed by atoms with Crippen LogP contribution in [0.1, 0.15) is 27.7 Å². The lowest BCUT2D eigenvalue weighted by Crippen LogP contribution is -2.41. The molecule has 1 nitrogen and oxygen atoms in total. The van der Waals surface area contributed by atoms with E-state index >= 15 is 0 Å². The maximum atomic E-state index is 2.63. The van der Waals surface area contributed by atoms with E-state index in [2.05, 4.69) is 32.6 Å². The summed E-state index contributed by atoms with van der Waals surface area (Å²) in [6, 6.07) is 0.